The van der Waals surface area contributed by atoms with Crippen LogP contribution in [0.5, 0.6) is 23.0 Å². The molecular weight excluding hydrogens is 819 g/mol. The van der Waals surface area contributed by atoms with E-state index in [1.54, 1.807) is 7.11 Å². The lowest BCUT2D eigenvalue weighted by atomic mass is 9.83. The quantitative estimate of drug-likeness (QED) is 0.108. The molecule has 7 aromatic rings. The van der Waals surface area contributed by atoms with Crippen molar-refractivity contribution in [1.29, 1.82) is 0 Å². The van der Waals surface area contributed by atoms with Crippen LogP contribution in [-0.2, 0) is 23.4 Å². The van der Waals surface area contributed by atoms with Gasteiger partial charge in [-0.2, -0.15) is 0 Å². The summed E-state index contributed by atoms with van der Waals surface area (Å²) in [5.74, 6) is 2.78. The summed E-state index contributed by atoms with van der Waals surface area (Å²) in [6.07, 6.45) is 3.82. The Labute approximate surface area is 378 Å². The number of benzene rings is 6. The first kappa shape index (κ1) is 44.5. The molecule has 0 bridgehead atoms. The van der Waals surface area contributed by atoms with Crippen molar-refractivity contribution in [2.24, 2.45) is 0 Å². The molecule has 0 saturated heterocycles. The Morgan fingerprint density at radius 1 is 0.651 bits per heavy atom. The van der Waals surface area contributed by atoms with Gasteiger partial charge in [0.1, 0.15) is 34.2 Å². The minimum Gasteiger partial charge on any atom is -0.497 e. The Morgan fingerprint density at radius 2 is 1.32 bits per heavy atom. The van der Waals surface area contributed by atoms with Gasteiger partial charge in [-0.25, -0.2) is 0 Å². The number of hydrogen-bond donors (Lipinski definition) is 0. The van der Waals surface area contributed by atoms with E-state index < -0.39 is 22.0 Å². The summed E-state index contributed by atoms with van der Waals surface area (Å²) in [5.41, 5.74) is 11.7. The van der Waals surface area contributed by atoms with Gasteiger partial charge in [0.15, 0.2) is 0 Å². The van der Waals surface area contributed by atoms with Crippen molar-refractivity contribution < 1.29 is 28.1 Å². The smallest absolute Gasteiger partial charge is 0.453 e. The molecule has 0 aliphatic carbocycles. The number of methoxy groups -OCH3 is 1. The van der Waals surface area contributed by atoms with Crippen LogP contribution in [0.15, 0.2) is 111 Å². The van der Waals surface area contributed by atoms with Gasteiger partial charge >= 0.3 is 8.24 Å². The van der Waals surface area contributed by atoms with E-state index in [0.717, 1.165) is 85.9 Å². The van der Waals surface area contributed by atoms with E-state index >= 15 is 0 Å². The monoisotopic (exact) mass is 884 g/mol. The molecule has 8 heteroatoms. The van der Waals surface area contributed by atoms with Crippen LogP contribution in [0, 0.1) is 34.6 Å². The molecule has 0 aliphatic heterocycles. The number of rotatable bonds is 13. The predicted octanol–water partition coefficient (Wildman–Crippen LogP) is 17.3. The minimum absolute atomic E-state index is 0.266. The van der Waals surface area contributed by atoms with Crippen molar-refractivity contribution in [3.05, 3.63) is 153 Å². The summed E-state index contributed by atoms with van der Waals surface area (Å²) < 4.78 is 50.7. The molecule has 63 heavy (non-hydrogen) atoms. The van der Waals surface area contributed by atoms with Gasteiger partial charge < -0.3 is 26.7 Å². The normalized spacial score (nSPS) is 12.9. The molecular formula is C55H64O6P2. The third-order valence-corrected chi connectivity index (χ3v) is 13.8. The second-order valence-corrected chi connectivity index (χ2v) is 21.3. The molecule has 0 fully saturated rings. The van der Waals surface area contributed by atoms with Gasteiger partial charge in [0, 0.05) is 33.0 Å². The summed E-state index contributed by atoms with van der Waals surface area (Å²) in [6, 6.07) is 33.7. The molecule has 0 amide bonds. The Hall–Kier alpha value is -5.15. The van der Waals surface area contributed by atoms with Gasteiger partial charge in [0.05, 0.1) is 14.6 Å². The van der Waals surface area contributed by atoms with E-state index in [0.29, 0.717) is 34.6 Å². The minimum atomic E-state index is -2.17. The Bertz CT molecular complexity index is 2870. The zero-order valence-corrected chi connectivity index (χ0v) is 41.2. The maximum Gasteiger partial charge on any atom is 0.453 e. The van der Waals surface area contributed by atoms with Crippen molar-refractivity contribution in [3.63, 3.8) is 0 Å². The highest BCUT2D eigenvalue weighted by Gasteiger charge is 2.30. The van der Waals surface area contributed by atoms with Crippen molar-refractivity contribution in [3.8, 4) is 34.1 Å². The van der Waals surface area contributed by atoms with Gasteiger partial charge in [0.2, 0.25) is 0 Å². The molecule has 330 valence electrons. The van der Waals surface area contributed by atoms with Gasteiger partial charge in [-0.05, 0) is 134 Å². The zero-order valence-electron chi connectivity index (χ0n) is 40.4. The highest BCUT2D eigenvalue weighted by atomic mass is 31.2. The van der Waals surface area contributed by atoms with Gasteiger partial charge in [-0.15, -0.1) is 0 Å². The highest BCUT2D eigenvalue weighted by molar-refractivity contribution is 7.47. The fourth-order valence-corrected chi connectivity index (χ4v) is 10.8. The number of ether oxygens (including phenoxy) is 1. The van der Waals surface area contributed by atoms with E-state index in [2.05, 4.69) is 137 Å². The average molecular weight is 885 g/mol. The van der Waals surface area contributed by atoms with Crippen molar-refractivity contribution in [2.75, 3.05) is 7.11 Å². The molecule has 7 rings (SSSR count). The summed E-state index contributed by atoms with van der Waals surface area (Å²) in [4.78, 5) is 0. The van der Waals surface area contributed by atoms with E-state index in [1.165, 1.54) is 11.1 Å². The lowest BCUT2D eigenvalue weighted by Crippen LogP contribution is -2.13. The second-order valence-electron chi connectivity index (χ2n) is 18.9. The molecule has 0 aliphatic rings. The third kappa shape index (κ3) is 10.5. The maximum absolute atomic E-state index is 9.19. The Morgan fingerprint density at radius 3 is 2.02 bits per heavy atom. The van der Waals surface area contributed by atoms with Crippen LogP contribution in [0.25, 0.3) is 33.1 Å². The molecule has 0 radical (unpaired) electrons. The molecule has 2 atom stereocenters. The first-order valence-corrected chi connectivity index (χ1v) is 24.5. The fraction of sp³-hybridized carbons (Fsp3) is 0.345. The van der Waals surface area contributed by atoms with Crippen molar-refractivity contribution in [1.82, 2.24) is 0 Å². The van der Waals surface area contributed by atoms with Crippen LogP contribution in [0.1, 0.15) is 113 Å². The number of aryl methyl sites for hydroxylation is 6. The van der Waals surface area contributed by atoms with E-state index in [4.69, 9.17) is 26.7 Å². The van der Waals surface area contributed by atoms with E-state index in [9.17, 15) is 1.37 Å². The maximum atomic E-state index is 9.19. The molecule has 1 heterocycles. The second kappa shape index (κ2) is 18.9. The first-order valence-electron chi connectivity index (χ1n) is 22.5. The fourth-order valence-electron chi connectivity index (χ4n) is 8.04. The summed E-state index contributed by atoms with van der Waals surface area (Å²) in [5, 5.41) is 1.71. The molecule has 0 saturated carbocycles. The van der Waals surface area contributed by atoms with Crippen LogP contribution in [0.3, 0.4) is 0 Å². The number of para-hydroxylation sites is 1. The Kier molecular flexibility index (Phi) is 13.3. The summed E-state index contributed by atoms with van der Waals surface area (Å²) in [7, 11) is -2.04. The van der Waals surface area contributed by atoms with E-state index in [-0.39, 0.29) is 11.5 Å². The molecule has 6 aromatic carbocycles. The SMILES string of the molecule is [3H]c1cc(C)cc2c1op(Oc1c(-c3cc(C)cc(C)c3OP(Cc3ccccc3CCCC)Oc3ccccc3C)cc(OC)cc1C(C)(C)C)oc1c(C(C)(C)C)cc(C)cc12. The van der Waals surface area contributed by atoms with Gasteiger partial charge in [-0.3, -0.25) is 0 Å². The average Bonchev–Trinajstić information content (AvgIpc) is 3.37. The predicted molar refractivity (Wildman–Crippen MR) is 265 cm³/mol. The lowest BCUT2D eigenvalue weighted by molar-refractivity contribution is 0.410. The van der Waals surface area contributed by atoms with Crippen LogP contribution in [0.2, 0.25) is 0 Å². The van der Waals surface area contributed by atoms with Crippen molar-refractivity contribution >= 4 is 38.6 Å². The Balaban J connectivity index is 1.48. The van der Waals surface area contributed by atoms with Crippen LogP contribution in [-0.4, -0.2) is 7.11 Å². The number of hydrogen-bond acceptors (Lipinski definition) is 6. The summed E-state index contributed by atoms with van der Waals surface area (Å²) in [6.45, 7) is 25.7. The molecule has 1 aromatic heterocycles. The highest BCUT2D eigenvalue weighted by Crippen LogP contribution is 2.54. The molecule has 6 nitrogen and oxygen atoms in total. The third-order valence-electron chi connectivity index (χ3n) is 11.4. The molecule has 0 spiro atoms. The van der Waals surface area contributed by atoms with Gasteiger partial charge in [0.25, 0.3) is 8.38 Å². The van der Waals surface area contributed by atoms with Gasteiger partial charge in [-0.1, -0.05) is 121 Å². The zero-order chi connectivity index (χ0) is 46.1. The summed E-state index contributed by atoms with van der Waals surface area (Å²) >= 11 is 0. The standard InChI is InChI=1S/C55H64O6P2/c1-14-15-21-40-22-17-18-23-41(40)34-62(57-49-24-19-16-20-38(49)5)59-51-39(6)27-36(3)29-45(51)46-32-42(56-13)33-48(55(10,11)12)53(46)61-63-58-50-26-25-35(2)28-43(50)44-30-37(4)31-47(52(44)60-63)54(7,8)9/h16-20,22-33H,14-15,21,34H2,1-13H3/i26T. The van der Waals surface area contributed by atoms with E-state index in [1.807, 2.05) is 43.3 Å². The van der Waals surface area contributed by atoms with Crippen LogP contribution >= 0.6 is 16.6 Å². The molecule has 2 unspecified atom stereocenters. The lowest BCUT2D eigenvalue weighted by Gasteiger charge is -2.27. The number of fused-ring (bicyclic) bond motifs is 3. The topological polar surface area (TPSA) is 63.2 Å². The van der Waals surface area contributed by atoms with Crippen LogP contribution < -0.4 is 18.3 Å². The largest absolute Gasteiger partial charge is 0.497 e. The number of unbranched alkanes of at least 4 members (excludes halogenated alkanes) is 1. The van der Waals surface area contributed by atoms with Crippen LogP contribution in [0.4, 0.5) is 0 Å². The first-order chi connectivity index (χ1) is 30.3. The molecule has 0 N–H and O–H groups in total. The van der Waals surface area contributed by atoms with Crippen molar-refractivity contribution in [2.45, 2.75) is 119 Å².